The Morgan fingerprint density at radius 2 is 1.93 bits per heavy atom. The maximum atomic E-state index is 13.9. The number of ether oxygens (including phenoxy) is 3. The highest BCUT2D eigenvalue weighted by Crippen LogP contribution is 2.38. The molecule has 1 heterocycles. The molecule has 0 spiro atoms. The highest BCUT2D eigenvalue weighted by atomic mass is 127. The van der Waals surface area contributed by atoms with Crippen LogP contribution in [0.4, 0.5) is 0 Å². The van der Waals surface area contributed by atoms with Gasteiger partial charge in [0.25, 0.3) is 0 Å². The molecule has 1 saturated heterocycles. The van der Waals surface area contributed by atoms with Gasteiger partial charge in [-0.2, -0.15) is 0 Å². The van der Waals surface area contributed by atoms with Crippen LogP contribution in [0.1, 0.15) is 37.7 Å². The minimum absolute atomic E-state index is 0.00929. The van der Waals surface area contributed by atoms with Gasteiger partial charge in [-0.3, -0.25) is 14.5 Å². The van der Waals surface area contributed by atoms with E-state index in [1.54, 1.807) is 23.1 Å². The lowest BCUT2D eigenvalue weighted by atomic mass is 9.87. The number of hydrogen-bond donors (Lipinski definition) is 4. The normalized spacial score (nSPS) is 23.6. The van der Waals surface area contributed by atoms with E-state index in [0.29, 0.717) is 52.5 Å². The maximum Gasteiger partial charge on any atom is 0.247 e. The Bertz CT molecular complexity index is 1070. The summed E-state index contributed by atoms with van der Waals surface area (Å²) in [5.41, 5.74) is 1.03. The first kappa shape index (κ1) is 32.0. The van der Waals surface area contributed by atoms with E-state index in [1.165, 1.54) is 7.11 Å². The summed E-state index contributed by atoms with van der Waals surface area (Å²) >= 11 is 2.09. The van der Waals surface area contributed by atoms with Crippen molar-refractivity contribution in [2.75, 3.05) is 59.7 Å². The van der Waals surface area contributed by atoms with Crippen molar-refractivity contribution in [3.63, 3.8) is 0 Å². The number of carbonyl (C=O) groups is 2. The van der Waals surface area contributed by atoms with Crippen molar-refractivity contribution < 1.29 is 39.1 Å². The van der Waals surface area contributed by atoms with Crippen molar-refractivity contribution in [3.05, 3.63) is 32.9 Å². The highest BCUT2D eigenvalue weighted by Gasteiger charge is 2.42. The molecule has 2 fully saturated rings. The van der Waals surface area contributed by atoms with Gasteiger partial charge in [0.15, 0.2) is 11.5 Å². The summed E-state index contributed by atoms with van der Waals surface area (Å²) in [7, 11) is 1.50. The third kappa shape index (κ3) is 8.11. The van der Waals surface area contributed by atoms with Crippen LogP contribution in [0.3, 0.4) is 0 Å². The average Bonchev–Trinajstić information content (AvgIpc) is 3.54. The molecular formula is C29H42IN3O8. The van der Waals surface area contributed by atoms with Gasteiger partial charge in [0, 0.05) is 50.6 Å². The van der Waals surface area contributed by atoms with Crippen LogP contribution in [-0.4, -0.2) is 115 Å². The molecule has 0 aromatic heterocycles. The van der Waals surface area contributed by atoms with Crippen LogP contribution in [0, 0.1) is 9.49 Å². The molecule has 1 saturated carbocycles. The largest absolute Gasteiger partial charge is 0.493 e. The number of methoxy groups -OCH3 is 1. The summed E-state index contributed by atoms with van der Waals surface area (Å²) in [6, 6.07) is 2.75. The van der Waals surface area contributed by atoms with Crippen molar-refractivity contribution in [2.24, 2.45) is 5.92 Å². The SMILES string of the molecule is COc1cc(CO)cc(I)c1O[C@H]1C=C(C(=O)NCCO)C[C@@H](N(CCN2CCOCC2)C(=O)C2CCCC2)[C@@H]1O. The topological polar surface area (TPSA) is 141 Å². The van der Waals surface area contributed by atoms with Crippen LogP contribution in [0.2, 0.25) is 0 Å². The molecule has 4 N–H and O–H groups in total. The van der Waals surface area contributed by atoms with Crippen molar-refractivity contribution in [3.8, 4) is 11.5 Å². The third-order valence-electron chi connectivity index (χ3n) is 8.09. The van der Waals surface area contributed by atoms with Crippen LogP contribution in [0.5, 0.6) is 11.5 Å². The molecule has 0 bridgehead atoms. The Balaban J connectivity index is 1.66. The molecule has 0 radical (unpaired) electrons. The Kier molecular flexibility index (Phi) is 12.1. The quantitative estimate of drug-likeness (QED) is 0.238. The molecule has 41 heavy (non-hydrogen) atoms. The Labute approximate surface area is 254 Å². The second-order valence-electron chi connectivity index (χ2n) is 10.8. The third-order valence-corrected chi connectivity index (χ3v) is 8.89. The number of amides is 2. The van der Waals surface area contributed by atoms with Gasteiger partial charge in [-0.1, -0.05) is 12.8 Å². The van der Waals surface area contributed by atoms with Gasteiger partial charge in [0.05, 0.1) is 43.1 Å². The number of aliphatic hydroxyl groups excluding tert-OH is 3. The van der Waals surface area contributed by atoms with Crippen molar-refractivity contribution in [1.29, 1.82) is 0 Å². The molecule has 2 aliphatic carbocycles. The second kappa shape index (κ2) is 15.5. The summed E-state index contributed by atoms with van der Waals surface area (Å²) in [4.78, 5) is 31.1. The number of rotatable bonds is 12. The molecule has 1 aromatic rings. The number of aliphatic hydroxyl groups is 3. The summed E-state index contributed by atoms with van der Waals surface area (Å²) in [5.74, 6) is 0.304. The van der Waals surface area contributed by atoms with Crippen molar-refractivity contribution >= 4 is 34.4 Å². The molecule has 4 rings (SSSR count). The number of carbonyl (C=O) groups excluding carboxylic acids is 2. The van der Waals surface area contributed by atoms with Gasteiger partial charge < -0.3 is 39.7 Å². The molecular weight excluding hydrogens is 645 g/mol. The lowest BCUT2D eigenvalue weighted by Gasteiger charge is -2.42. The lowest BCUT2D eigenvalue weighted by Crippen LogP contribution is -2.57. The molecule has 0 unspecified atom stereocenters. The number of benzene rings is 1. The minimum Gasteiger partial charge on any atom is -0.493 e. The summed E-state index contributed by atoms with van der Waals surface area (Å²) < 4.78 is 18.0. The number of halogens is 1. The van der Waals surface area contributed by atoms with Crippen LogP contribution in [0.25, 0.3) is 0 Å². The fraction of sp³-hybridized carbons (Fsp3) is 0.655. The average molecular weight is 688 g/mol. The Morgan fingerprint density at radius 1 is 1.20 bits per heavy atom. The van der Waals surface area contributed by atoms with Crippen LogP contribution < -0.4 is 14.8 Å². The number of morpholine rings is 1. The fourth-order valence-corrected chi connectivity index (χ4v) is 6.61. The summed E-state index contributed by atoms with van der Waals surface area (Å²) in [5, 5.41) is 33.4. The van der Waals surface area contributed by atoms with Gasteiger partial charge in [-0.25, -0.2) is 0 Å². The first-order valence-electron chi connectivity index (χ1n) is 14.4. The van der Waals surface area contributed by atoms with Gasteiger partial charge in [0.1, 0.15) is 12.2 Å². The van der Waals surface area contributed by atoms with E-state index in [0.717, 1.165) is 38.8 Å². The zero-order valence-electron chi connectivity index (χ0n) is 23.6. The van der Waals surface area contributed by atoms with Gasteiger partial charge in [-0.15, -0.1) is 0 Å². The molecule has 3 aliphatic rings. The molecule has 3 atom stereocenters. The fourth-order valence-electron chi connectivity index (χ4n) is 5.82. The van der Waals surface area contributed by atoms with E-state index < -0.39 is 18.2 Å². The smallest absolute Gasteiger partial charge is 0.247 e. The molecule has 1 aliphatic heterocycles. The zero-order chi connectivity index (χ0) is 29.4. The van der Waals surface area contributed by atoms with Crippen molar-refractivity contribution in [2.45, 2.75) is 57.0 Å². The van der Waals surface area contributed by atoms with E-state index in [-0.39, 0.29) is 43.9 Å². The number of hydrogen-bond acceptors (Lipinski definition) is 9. The molecule has 11 nitrogen and oxygen atoms in total. The van der Waals surface area contributed by atoms with Crippen LogP contribution in [-0.2, 0) is 20.9 Å². The zero-order valence-corrected chi connectivity index (χ0v) is 25.8. The van der Waals surface area contributed by atoms with Crippen molar-refractivity contribution in [1.82, 2.24) is 15.1 Å². The first-order valence-corrected chi connectivity index (χ1v) is 15.5. The standard InChI is InChI=1S/C29H42IN3O8/c1-39-25-15-19(18-35)14-22(30)27(25)41-24-17-21(28(37)31-6-11-34)16-23(26(24)36)33(29(38)20-4-2-3-5-20)8-7-32-9-12-40-13-10-32/h14-15,17,20,23-24,26,34-36H,2-13,16,18H2,1H3,(H,31,37)/t23-,24+,26+/m1/s1. The van der Waals surface area contributed by atoms with E-state index in [4.69, 9.17) is 14.2 Å². The van der Waals surface area contributed by atoms with Gasteiger partial charge in [-0.05, 0) is 59.2 Å². The maximum absolute atomic E-state index is 13.9. The first-order chi connectivity index (χ1) is 19.9. The Hall–Kier alpha value is -1.97. The summed E-state index contributed by atoms with van der Waals surface area (Å²) in [6.45, 7) is 3.62. The molecule has 2 amide bonds. The highest BCUT2D eigenvalue weighted by molar-refractivity contribution is 14.1. The van der Waals surface area contributed by atoms with E-state index in [1.807, 2.05) is 0 Å². The van der Waals surface area contributed by atoms with Crippen LogP contribution >= 0.6 is 22.6 Å². The number of nitrogens with zero attached hydrogens (tertiary/aromatic N) is 2. The lowest BCUT2D eigenvalue weighted by molar-refractivity contribution is -0.143. The number of nitrogens with one attached hydrogen (secondary N) is 1. The van der Waals surface area contributed by atoms with Gasteiger partial charge in [0.2, 0.25) is 11.8 Å². The predicted octanol–water partition coefficient (Wildman–Crippen LogP) is 1.06. The van der Waals surface area contributed by atoms with Crippen LogP contribution in [0.15, 0.2) is 23.8 Å². The molecule has 12 heteroatoms. The monoisotopic (exact) mass is 687 g/mol. The van der Waals surface area contributed by atoms with E-state index in [2.05, 4.69) is 32.8 Å². The van der Waals surface area contributed by atoms with Gasteiger partial charge >= 0.3 is 0 Å². The molecule has 1 aromatic carbocycles. The molecule has 228 valence electrons. The van der Waals surface area contributed by atoms with E-state index in [9.17, 15) is 24.9 Å². The predicted molar refractivity (Wildman–Crippen MR) is 160 cm³/mol. The van der Waals surface area contributed by atoms with E-state index >= 15 is 0 Å². The minimum atomic E-state index is -1.11. The second-order valence-corrected chi connectivity index (χ2v) is 11.9. The Morgan fingerprint density at radius 3 is 2.59 bits per heavy atom. The summed E-state index contributed by atoms with van der Waals surface area (Å²) in [6.07, 6.45) is 3.35.